The van der Waals surface area contributed by atoms with Crippen LogP contribution in [0.2, 0.25) is 5.02 Å². The molecule has 22 heavy (non-hydrogen) atoms. The van der Waals surface area contributed by atoms with Crippen LogP contribution in [0.15, 0.2) is 41.5 Å². The van der Waals surface area contributed by atoms with Crippen LogP contribution in [-0.2, 0) is 0 Å². The van der Waals surface area contributed by atoms with Gasteiger partial charge in [0.2, 0.25) is 0 Å². The summed E-state index contributed by atoms with van der Waals surface area (Å²) in [4.78, 5) is 11.9. The number of amides is 1. The van der Waals surface area contributed by atoms with E-state index in [-0.39, 0.29) is 5.56 Å². The van der Waals surface area contributed by atoms with Gasteiger partial charge in [0.05, 0.1) is 5.71 Å². The number of hydrogen-bond donors (Lipinski definition) is 4. The molecule has 0 heterocycles. The van der Waals surface area contributed by atoms with E-state index in [0.29, 0.717) is 16.3 Å². The van der Waals surface area contributed by atoms with Crippen molar-refractivity contribution in [2.45, 2.75) is 6.92 Å². The fraction of sp³-hybridized carbons (Fsp3) is 0.0667. The number of aromatic hydroxyl groups is 3. The maximum atomic E-state index is 11.9. The van der Waals surface area contributed by atoms with Gasteiger partial charge in [-0.25, -0.2) is 5.43 Å². The molecule has 1 amide bonds. The third-order valence-electron chi connectivity index (χ3n) is 2.92. The zero-order valence-corrected chi connectivity index (χ0v) is 12.3. The molecule has 2 aromatic rings. The molecular weight excluding hydrogens is 308 g/mol. The second-order valence-electron chi connectivity index (χ2n) is 4.48. The summed E-state index contributed by atoms with van der Waals surface area (Å²) in [6.07, 6.45) is 0. The third kappa shape index (κ3) is 3.29. The lowest BCUT2D eigenvalue weighted by Gasteiger charge is -2.06. The van der Waals surface area contributed by atoms with E-state index in [1.54, 1.807) is 31.2 Å². The molecule has 0 saturated carbocycles. The number of nitrogens with one attached hydrogen (secondary N) is 1. The highest BCUT2D eigenvalue weighted by molar-refractivity contribution is 6.34. The number of halogens is 1. The Kier molecular flexibility index (Phi) is 4.53. The molecule has 0 saturated heterocycles. The van der Waals surface area contributed by atoms with E-state index < -0.39 is 23.2 Å². The molecule has 2 aromatic carbocycles. The second kappa shape index (κ2) is 6.36. The van der Waals surface area contributed by atoms with Crippen molar-refractivity contribution in [1.82, 2.24) is 5.43 Å². The van der Waals surface area contributed by atoms with E-state index in [4.69, 9.17) is 11.6 Å². The minimum absolute atomic E-state index is 0.0523. The first-order valence-electron chi connectivity index (χ1n) is 6.24. The number of hydrazone groups is 1. The predicted octanol–water partition coefficient (Wildman–Crippen LogP) is 2.61. The number of rotatable bonds is 3. The number of benzene rings is 2. The Bertz CT molecular complexity index is 736. The average Bonchev–Trinajstić information content (AvgIpc) is 2.49. The van der Waals surface area contributed by atoms with Crippen LogP contribution in [-0.4, -0.2) is 26.9 Å². The van der Waals surface area contributed by atoms with Gasteiger partial charge in [-0.3, -0.25) is 4.79 Å². The third-order valence-corrected chi connectivity index (χ3v) is 3.25. The summed E-state index contributed by atoms with van der Waals surface area (Å²) in [6.45, 7) is 1.67. The van der Waals surface area contributed by atoms with Gasteiger partial charge >= 0.3 is 0 Å². The monoisotopic (exact) mass is 320 g/mol. The molecule has 114 valence electrons. The van der Waals surface area contributed by atoms with E-state index in [2.05, 4.69) is 10.5 Å². The van der Waals surface area contributed by atoms with Gasteiger partial charge in [-0.05, 0) is 25.1 Å². The van der Waals surface area contributed by atoms with Gasteiger partial charge in [0.1, 0.15) is 0 Å². The van der Waals surface area contributed by atoms with Crippen molar-refractivity contribution in [3.8, 4) is 17.2 Å². The minimum Gasteiger partial charge on any atom is -0.504 e. The standard InChI is InChI=1S/C15H13ClN2O4/c1-8(10-4-2-3-5-11(10)16)17-18-15(22)9-6-12(19)14(21)13(20)7-9/h2-7,19-21H,1H3,(H,18,22)/b17-8+. The maximum Gasteiger partial charge on any atom is 0.271 e. The number of nitrogens with zero attached hydrogens (tertiary/aromatic N) is 1. The van der Waals surface area contributed by atoms with Crippen molar-refractivity contribution in [2.24, 2.45) is 5.10 Å². The Morgan fingerprint density at radius 3 is 2.32 bits per heavy atom. The molecule has 6 nitrogen and oxygen atoms in total. The summed E-state index contributed by atoms with van der Waals surface area (Å²) in [5.74, 6) is -2.54. The van der Waals surface area contributed by atoms with Crippen molar-refractivity contribution < 1.29 is 20.1 Å². The Morgan fingerprint density at radius 1 is 1.14 bits per heavy atom. The molecule has 4 N–H and O–H groups in total. The molecule has 0 unspecified atom stereocenters. The predicted molar refractivity (Wildman–Crippen MR) is 82.6 cm³/mol. The number of phenols is 3. The Hall–Kier alpha value is -2.73. The van der Waals surface area contributed by atoms with Crippen LogP contribution >= 0.6 is 11.6 Å². The topological polar surface area (TPSA) is 102 Å². The van der Waals surface area contributed by atoms with Gasteiger partial charge in [-0.2, -0.15) is 5.10 Å². The molecule has 0 bridgehead atoms. The fourth-order valence-corrected chi connectivity index (χ4v) is 2.02. The van der Waals surface area contributed by atoms with Gasteiger partial charge in [-0.1, -0.05) is 29.8 Å². The van der Waals surface area contributed by atoms with E-state index >= 15 is 0 Å². The highest BCUT2D eigenvalue weighted by atomic mass is 35.5. The van der Waals surface area contributed by atoms with Crippen LogP contribution in [0.1, 0.15) is 22.8 Å². The van der Waals surface area contributed by atoms with E-state index in [1.807, 2.05) is 0 Å². The van der Waals surface area contributed by atoms with Gasteiger partial charge in [0, 0.05) is 16.1 Å². The molecule has 2 rings (SSSR count). The molecule has 7 heteroatoms. The lowest BCUT2D eigenvalue weighted by Crippen LogP contribution is -2.19. The summed E-state index contributed by atoms with van der Waals surface area (Å²) in [5, 5.41) is 32.4. The molecule has 0 atom stereocenters. The van der Waals surface area contributed by atoms with Gasteiger partial charge < -0.3 is 15.3 Å². The van der Waals surface area contributed by atoms with Crippen molar-refractivity contribution >= 4 is 23.2 Å². The van der Waals surface area contributed by atoms with Crippen LogP contribution in [0, 0.1) is 0 Å². The molecule has 0 radical (unpaired) electrons. The normalized spacial score (nSPS) is 11.3. The smallest absolute Gasteiger partial charge is 0.271 e. The summed E-state index contributed by atoms with van der Waals surface area (Å²) in [7, 11) is 0. The average molecular weight is 321 g/mol. The first kappa shape index (κ1) is 15.7. The zero-order chi connectivity index (χ0) is 16.3. The molecule has 0 spiro atoms. The van der Waals surface area contributed by atoms with Crippen LogP contribution in [0.3, 0.4) is 0 Å². The maximum absolute atomic E-state index is 11.9. The minimum atomic E-state index is -0.688. The lowest BCUT2D eigenvalue weighted by atomic mass is 10.1. The van der Waals surface area contributed by atoms with Crippen LogP contribution < -0.4 is 5.43 Å². The summed E-state index contributed by atoms with van der Waals surface area (Å²) >= 11 is 6.02. The number of carbonyl (C=O) groups is 1. The van der Waals surface area contributed by atoms with Crippen LogP contribution in [0.5, 0.6) is 17.2 Å². The van der Waals surface area contributed by atoms with Gasteiger partial charge in [0.15, 0.2) is 17.2 Å². The molecule has 0 fully saturated rings. The van der Waals surface area contributed by atoms with E-state index in [1.165, 1.54) is 0 Å². The first-order chi connectivity index (χ1) is 10.4. The Morgan fingerprint density at radius 2 is 1.73 bits per heavy atom. The van der Waals surface area contributed by atoms with Crippen molar-refractivity contribution in [3.63, 3.8) is 0 Å². The van der Waals surface area contributed by atoms with Crippen molar-refractivity contribution in [1.29, 1.82) is 0 Å². The molecule has 0 aliphatic carbocycles. The number of hydrogen-bond acceptors (Lipinski definition) is 5. The Balaban J connectivity index is 2.19. The van der Waals surface area contributed by atoms with E-state index in [9.17, 15) is 20.1 Å². The molecule has 0 aliphatic rings. The Labute approximate surface area is 131 Å². The largest absolute Gasteiger partial charge is 0.504 e. The SMILES string of the molecule is C/C(=N\NC(=O)c1cc(O)c(O)c(O)c1)c1ccccc1Cl. The van der Waals surface area contributed by atoms with Crippen LogP contribution in [0.25, 0.3) is 0 Å². The quantitative estimate of drug-likeness (QED) is 0.396. The summed E-state index contributed by atoms with van der Waals surface area (Å²) in [5.41, 5.74) is 3.39. The van der Waals surface area contributed by atoms with Crippen LogP contribution in [0.4, 0.5) is 0 Å². The first-order valence-corrected chi connectivity index (χ1v) is 6.62. The van der Waals surface area contributed by atoms with Crippen molar-refractivity contribution in [2.75, 3.05) is 0 Å². The van der Waals surface area contributed by atoms with Crippen molar-refractivity contribution in [3.05, 3.63) is 52.5 Å². The second-order valence-corrected chi connectivity index (χ2v) is 4.89. The highest BCUT2D eigenvalue weighted by Gasteiger charge is 2.13. The van der Waals surface area contributed by atoms with E-state index in [0.717, 1.165) is 12.1 Å². The lowest BCUT2D eigenvalue weighted by molar-refractivity contribution is 0.0954. The summed E-state index contributed by atoms with van der Waals surface area (Å²) < 4.78 is 0. The zero-order valence-electron chi connectivity index (χ0n) is 11.5. The summed E-state index contributed by atoms with van der Waals surface area (Å²) in [6, 6.07) is 9.06. The number of phenolic OH excluding ortho intramolecular Hbond substituents is 3. The molecule has 0 aromatic heterocycles. The highest BCUT2D eigenvalue weighted by Crippen LogP contribution is 2.35. The number of carbonyl (C=O) groups excluding carboxylic acids is 1. The fourth-order valence-electron chi connectivity index (χ4n) is 1.75. The molecule has 0 aliphatic heterocycles. The molecular formula is C15H13ClN2O4. The van der Waals surface area contributed by atoms with Gasteiger partial charge in [-0.15, -0.1) is 0 Å². The van der Waals surface area contributed by atoms with Gasteiger partial charge in [0.25, 0.3) is 5.91 Å².